The number of likely N-dealkylation sites (tertiary alicyclic amines) is 1. The quantitative estimate of drug-likeness (QED) is 0.837. The maximum Gasteiger partial charge on any atom is 0.123 e. The van der Waals surface area contributed by atoms with Gasteiger partial charge in [0.05, 0.1) is 25.4 Å². The van der Waals surface area contributed by atoms with E-state index in [4.69, 9.17) is 14.2 Å². The number of nitrogens with one attached hydrogen (secondary N) is 1. The standard InChI is InChI=1S/C22H31FN2O3/c23-18-1-2-21(27-12-16-5-8-26-11-16)20(9-18)17-3-6-25(7-4-17)19-10-22(28-13-19)14-24-15-22/h1-2,9,16-17,19,24H,3-8,10-15H2. The molecule has 0 saturated carbocycles. The maximum atomic E-state index is 14.0. The normalized spacial score (nSPS) is 30.6. The second-order valence-electron chi connectivity index (χ2n) is 8.99. The van der Waals surface area contributed by atoms with Crippen LogP contribution in [0.5, 0.6) is 5.75 Å². The topological polar surface area (TPSA) is 43.0 Å². The van der Waals surface area contributed by atoms with E-state index in [0.717, 1.165) is 83.0 Å². The number of piperidine rings is 1. The van der Waals surface area contributed by atoms with Gasteiger partial charge in [-0.05, 0) is 62.9 Å². The van der Waals surface area contributed by atoms with Crippen LogP contribution in [-0.2, 0) is 9.47 Å². The summed E-state index contributed by atoms with van der Waals surface area (Å²) in [5, 5.41) is 3.34. The molecule has 0 radical (unpaired) electrons. The van der Waals surface area contributed by atoms with Gasteiger partial charge in [-0.1, -0.05) is 0 Å². The van der Waals surface area contributed by atoms with Crippen molar-refractivity contribution in [3.8, 4) is 5.75 Å². The zero-order valence-corrected chi connectivity index (χ0v) is 16.5. The fourth-order valence-corrected chi connectivity index (χ4v) is 5.17. The SMILES string of the molecule is Fc1ccc(OCC2CCOC2)c(C2CCN(C3COC4(CNC4)C3)CC2)c1. The van der Waals surface area contributed by atoms with E-state index in [0.29, 0.717) is 24.5 Å². The molecule has 4 fully saturated rings. The maximum absolute atomic E-state index is 14.0. The predicted octanol–water partition coefficient (Wildman–Crippen LogP) is 2.55. The van der Waals surface area contributed by atoms with Gasteiger partial charge in [0.2, 0.25) is 0 Å². The molecule has 1 aromatic rings. The fourth-order valence-electron chi connectivity index (χ4n) is 5.17. The molecule has 0 aromatic heterocycles. The molecule has 1 aromatic carbocycles. The smallest absolute Gasteiger partial charge is 0.123 e. The third-order valence-corrected chi connectivity index (χ3v) is 7.04. The highest BCUT2D eigenvalue weighted by Crippen LogP contribution is 2.38. The van der Waals surface area contributed by atoms with Crippen molar-refractivity contribution in [2.24, 2.45) is 5.92 Å². The van der Waals surface area contributed by atoms with Crippen molar-refractivity contribution in [3.63, 3.8) is 0 Å². The minimum Gasteiger partial charge on any atom is -0.493 e. The van der Waals surface area contributed by atoms with E-state index in [1.54, 1.807) is 6.07 Å². The summed E-state index contributed by atoms with van der Waals surface area (Å²) in [6, 6.07) is 5.55. The van der Waals surface area contributed by atoms with E-state index in [9.17, 15) is 4.39 Å². The third kappa shape index (κ3) is 3.80. The van der Waals surface area contributed by atoms with Crippen LogP contribution in [-0.4, -0.2) is 69.1 Å². The Morgan fingerprint density at radius 3 is 2.71 bits per heavy atom. The van der Waals surface area contributed by atoms with Gasteiger partial charge in [-0.2, -0.15) is 0 Å². The lowest BCUT2D eigenvalue weighted by molar-refractivity contribution is -0.0367. The molecule has 5 rings (SSSR count). The van der Waals surface area contributed by atoms with Crippen LogP contribution in [0.1, 0.15) is 37.2 Å². The minimum atomic E-state index is -0.169. The first-order chi connectivity index (χ1) is 13.7. The van der Waals surface area contributed by atoms with E-state index in [2.05, 4.69) is 10.2 Å². The van der Waals surface area contributed by atoms with Gasteiger partial charge in [-0.3, -0.25) is 4.90 Å². The van der Waals surface area contributed by atoms with Crippen LogP contribution < -0.4 is 10.1 Å². The van der Waals surface area contributed by atoms with Gasteiger partial charge < -0.3 is 19.5 Å². The Labute approximate surface area is 166 Å². The van der Waals surface area contributed by atoms with Crippen LogP contribution in [0.25, 0.3) is 0 Å². The van der Waals surface area contributed by atoms with Gasteiger partial charge in [0, 0.05) is 37.2 Å². The largest absolute Gasteiger partial charge is 0.493 e. The van der Waals surface area contributed by atoms with Gasteiger partial charge in [0.1, 0.15) is 11.6 Å². The van der Waals surface area contributed by atoms with Crippen LogP contribution >= 0.6 is 0 Å². The first kappa shape index (κ1) is 18.8. The molecule has 28 heavy (non-hydrogen) atoms. The Morgan fingerprint density at radius 2 is 2.04 bits per heavy atom. The Hall–Kier alpha value is -1.21. The van der Waals surface area contributed by atoms with E-state index in [1.807, 2.05) is 6.07 Å². The summed E-state index contributed by atoms with van der Waals surface area (Å²) in [5.41, 5.74) is 1.15. The Kier molecular flexibility index (Phi) is 5.30. The number of ether oxygens (including phenoxy) is 3. The second kappa shape index (κ2) is 7.90. The summed E-state index contributed by atoms with van der Waals surface area (Å²) in [6.07, 6.45) is 4.29. The molecule has 5 nitrogen and oxygen atoms in total. The van der Waals surface area contributed by atoms with Crippen LogP contribution in [0.15, 0.2) is 18.2 Å². The molecule has 1 spiro atoms. The summed E-state index contributed by atoms with van der Waals surface area (Å²) in [5.74, 6) is 1.51. The molecule has 6 heteroatoms. The highest BCUT2D eigenvalue weighted by atomic mass is 19.1. The molecule has 2 atom stereocenters. The number of rotatable bonds is 5. The van der Waals surface area contributed by atoms with Gasteiger partial charge in [-0.15, -0.1) is 0 Å². The average molecular weight is 390 g/mol. The summed E-state index contributed by atoms with van der Waals surface area (Å²) in [6.45, 7) is 7.20. The Morgan fingerprint density at radius 1 is 1.18 bits per heavy atom. The van der Waals surface area contributed by atoms with E-state index in [1.165, 1.54) is 6.07 Å². The highest BCUT2D eigenvalue weighted by molar-refractivity contribution is 5.37. The van der Waals surface area contributed by atoms with Crippen LogP contribution in [0.4, 0.5) is 4.39 Å². The first-order valence-electron chi connectivity index (χ1n) is 10.8. The van der Waals surface area contributed by atoms with Crippen molar-refractivity contribution < 1.29 is 18.6 Å². The summed E-state index contributed by atoms with van der Waals surface area (Å²) >= 11 is 0. The lowest BCUT2D eigenvalue weighted by Gasteiger charge is -2.40. The fraction of sp³-hybridized carbons (Fsp3) is 0.727. The van der Waals surface area contributed by atoms with Crippen molar-refractivity contribution in [3.05, 3.63) is 29.6 Å². The van der Waals surface area contributed by atoms with Gasteiger partial charge in [0.25, 0.3) is 0 Å². The molecular weight excluding hydrogens is 359 g/mol. The van der Waals surface area contributed by atoms with Gasteiger partial charge in [-0.25, -0.2) is 4.39 Å². The number of nitrogens with zero attached hydrogens (tertiary/aromatic N) is 1. The molecule has 0 amide bonds. The van der Waals surface area contributed by atoms with E-state index < -0.39 is 0 Å². The van der Waals surface area contributed by atoms with Crippen molar-refractivity contribution in [2.45, 2.75) is 43.2 Å². The zero-order valence-electron chi connectivity index (χ0n) is 16.5. The summed E-state index contributed by atoms with van der Waals surface area (Å²) < 4.78 is 31.6. The molecule has 154 valence electrons. The molecule has 1 N–H and O–H groups in total. The molecule has 2 unspecified atom stereocenters. The first-order valence-corrected chi connectivity index (χ1v) is 10.8. The second-order valence-corrected chi connectivity index (χ2v) is 8.99. The predicted molar refractivity (Wildman–Crippen MR) is 104 cm³/mol. The Balaban J connectivity index is 1.20. The lowest BCUT2D eigenvalue weighted by Crippen LogP contribution is -2.59. The Bertz CT molecular complexity index is 682. The highest BCUT2D eigenvalue weighted by Gasteiger charge is 2.47. The number of hydrogen-bond acceptors (Lipinski definition) is 5. The molecular formula is C22H31FN2O3. The number of halogens is 1. The van der Waals surface area contributed by atoms with Crippen molar-refractivity contribution >= 4 is 0 Å². The molecule has 4 saturated heterocycles. The third-order valence-electron chi connectivity index (χ3n) is 7.04. The number of benzene rings is 1. The molecule has 0 aliphatic carbocycles. The van der Waals surface area contributed by atoms with Gasteiger partial charge in [0.15, 0.2) is 0 Å². The average Bonchev–Trinajstić information content (AvgIpc) is 3.37. The molecule has 4 aliphatic rings. The minimum absolute atomic E-state index is 0.106. The summed E-state index contributed by atoms with van der Waals surface area (Å²) in [7, 11) is 0. The van der Waals surface area contributed by atoms with E-state index >= 15 is 0 Å². The van der Waals surface area contributed by atoms with Crippen molar-refractivity contribution in [1.82, 2.24) is 10.2 Å². The molecule has 4 heterocycles. The van der Waals surface area contributed by atoms with Gasteiger partial charge >= 0.3 is 0 Å². The van der Waals surface area contributed by atoms with Crippen LogP contribution in [0.3, 0.4) is 0 Å². The van der Waals surface area contributed by atoms with Crippen molar-refractivity contribution in [2.75, 3.05) is 52.6 Å². The van der Waals surface area contributed by atoms with Crippen LogP contribution in [0, 0.1) is 11.7 Å². The zero-order chi connectivity index (χ0) is 19.0. The van der Waals surface area contributed by atoms with Crippen LogP contribution in [0.2, 0.25) is 0 Å². The monoisotopic (exact) mass is 390 g/mol. The van der Waals surface area contributed by atoms with E-state index in [-0.39, 0.29) is 11.4 Å². The molecule has 0 bridgehead atoms. The number of hydrogen-bond donors (Lipinski definition) is 1. The van der Waals surface area contributed by atoms with Crippen molar-refractivity contribution in [1.29, 1.82) is 0 Å². The molecule has 4 aliphatic heterocycles. The lowest BCUT2D eigenvalue weighted by atomic mass is 9.86. The summed E-state index contributed by atoms with van der Waals surface area (Å²) in [4.78, 5) is 2.58.